The minimum absolute atomic E-state index is 0.0320. The number of aromatic nitrogens is 4. The number of ether oxygens (including phenoxy) is 1. The Morgan fingerprint density at radius 2 is 2.05 bits per heavy atom. The molecule has 0 aliphatic carbocycles. The number of methoxy groups -OCH3 is 1. The summed E-state index contributed by atoms with van der Waals surface area (Å²) in [4.78, 5) is 8.16. The third-order valence-electron chi connectivity index (χ3n) is 2.64. The van der Waals surface area contributed by atoms with E-state index in [9.17, 15) is 8.42 Å². The lowest BCUT2D eigenvalue weighted by Crippen LogP contribution is -2.11. The molecule has 7 nitrogen and oxygen atoms in total. The van der Waals surface area contributed by atoms with Gasteiger partial charge in [0.15, 0.2) is 0 Å². The van der Waals surface area contributed by atoms with Gasteiger partial charge in [-0.2, -0.15) is 4.98 Å². The van der Waals surface area contributed by atoms with Crippen molar-refractivity contribution >= 4 is 15.6 Å². The molecule has 0 unspecified atom stereocenters. The van der Waals surface area contributed by atoms with E-state index >= 15 is 0 Å². The van der Waals surface area contributed by atoms with E-state index in [1.807, 2.05) is 19.9 Å². The molecule has 0 spiro atoms. The molecule has 0 radical (unpaired) electrons. The first-order chi connectivity index (χ1) is 8.94. The summed E-state index contributed by atoms with van der Waals surface area (Å²) in [6.07, 6.45) is 0.416. The van der Waals surface area contributed by atoms with Crippen molar-refractivity contribution in [3.63, 3.8) is 0 Å². The summed E-state index contributed by atoms with van der Waals surface area (Å²) >= 11 is 0. The highest BCUT2D eigenvalue weighted by atomic mass is 32.2. The van der Waals surface area contributed by atoms with Crippen molar-refractivity contribution in [1.82, 2.24) is 19.6 Å². The molecule has 8 heteroatoms. The molecule has 0 aliphatic rings. The van der Waals surface area contributed by atoms with Gasteiger partial charge in [0.25, 0.3) is 10.9 Å². The van der Waals surface area contributed by atoms with Gasteiger partial charge in [-0.1, -0.05) is 0 Å². The zero-order chi connectivity index (χ0) is 14.0. The zero-order valence-electron chi connectivity index (χ0n) is 11.1. The molecule has 0 saturated carbocycles. The maximum Gasteiger partial charge on any atom is 0.269 e. The van der Waals surface area contributed by atoms with Gasteiger partial charge in [-0.25, -0.2) is 17.9 Å². The fourth-order valence-electron chi connectivity index (χ4n) is 1.76. The summed E-state index contributed by atoms with van der Waals surface area (Å²) in [5.41, 5.74) is 1.58. The van der Waals surface area contributed by atoms with E-state index < -0.39 is 9.84 Å². The lowest BCUT2D eigenvalue weighted by atomic mass is 10.4. The monoisotopic (exact) mass is 284 g/mol. The van der Waals surface area contributed by atoms with E-state index in [0.29, 0.717) is 18.8 Å². The first-order valence-corrected chi connectivity index (χ1v) is 7.52. The Morgan fingerprint density at radius 1 is 1.32 bits per heavy atom. The Labute approximate surface area is 111 Å². The minimum Gasteiger partial charge on any atom is -0.385 e. The van der Waals surface area contributed by atoms with Gasteiger partial charge in [0.2, 0.25) is 9.84 Å². The summed E-state index contributed by atoms with van der Waals surface area (Å²) in [6, 6.07) is 1.82. The van der Waals surface area contributed by atoms with Crippen LogP contribution in [0.3, 0.4) is 0 Å². The number of fused-ring (bicyclic) bond motifs is 1. The van der Waals surface area contributed by atoms with Crippen LogP contribution in [0.15, 0.2) is 11.2 Å². The quantitative estimate of drug-likeness (QED) is 0.745. The first-order valence-electron chi connectivity index (χ1n) is 5.87. The average Bonchev–Trinajstić information content (AvgIpc) is 2.74. The first kappa shape index (κ1) is 13.9. The van der Waals surface area contributed by atoms with Crippen molar-refractivity contribution < 1.29 is 13.2 Å². The van der Waals surface area contributed by atoms with E-state index in [1.165, 1.54) is 11.6 Å². The van der Waals surface area contributed by atoms with Crippen LogP contribution in [-0.4, -0.2) is 47.5 Å². The average molecular weight is 284 g/mol. The van der Waals surface area contributed by atoms with Crippen LogP contribution in [0.2, 0.25) is 0 Å². The molecule has 2 aromatic heterocycles. The molecule has 2 heterocycles. The molecule has 0 N–H and O–H groups in total. The van der Waals surface area contributed by atoms with Gasteiger partial charge in [-0.3, -0.25) is 0 Å². The van der Waals surface area contributed by atoms with E-state index in [1.54, 1.807) is 0 Å². The molecular weight excluding hydrogens is 268 g/mol. The molecule has 2 rings (SSSR count). The number of sulfone groups is 1. The van der Waals surface area contributed by atoms with Crippen LogP contribution < -0.4 is 0 Å². The van der Waals surface area contributed by atoms with Crippen LogP contribution in [0.1, 0.15) is 17.8 Å². The predicted octanol–water partition coefficient (Wildman–Crippen LogP) is 0.551. The van der Waals surface area contributed by atoms with E-state index in [0.717, 1.165) is 11.4 Å². The summed E-state index contributed by atoms with van der Waals surface area (Å²) in [6.45, 7) is 4.05. The number of nitrogens with zero attached hydrogens (tertiary/aromatic N) is 4. The van der Waals surface area contributed by atoms with E-state index in [4.69, 9.17) is 4.74 Å². The molecule has 0 fully saturated rings. The molecule has 0 atom stereocenters. The highest BCUT2D eigenvalue weighted by molar-refractivity contribution is 7.91. The Balaban J connectivity index is 2.38. The second-order valence-electron chi connectivity index (χ2n) is 4.31. The van der Waals surface area contributed by atoms with Gasteiger partial charge in [0.05, 0.1) is 5.75 Å². The predicted molar refractivity (Wildman–Crippen MR) is 68.8 cm³/mol. The number of hydrogen-bond acceptors (Lipinski definition) is 6. The molecule has 0 aliphatic heterocycles. The van der Waals surface area contributed by atoms with Crippen molar-refractivity contribution in [1.29, 1.82) is 0 Å². The SMILES string of the molecule is COCCCS(=O)(=O)c1nc2nc(C)cc(C)n2n1. The fourth-order valence-corrected chi connectivity index (χ4v) is 2.87. The number of aryl methyl sites for hydroxylation is 2. The molecule has 19 heavy (non-hydrogen) atoms. The highest BCUT2D eigenvalue weighted by Crippen LogP contribution is 2.11. The van der Waals surface area contributed by atoms with Crippen LogP contribution >= 0.6 is 0 Å². The largest absolute Gasteiger partial charge is 0.385 e. The van der Waals surface area contributed by atoms with E-state index in [2.05, 4.69) is 15.1 Å². The van der Waals surface area contributed by atoms with Gasteiger partial charge in [0.1, 0.15) is 0 Å². The minimum atomic E-state index is -3.49. The van der Waals surface area contributed by atoms with Crippen LogP contribution in [0, 0.1) is 13.8 Å². The van der Waals surface area contributed by atoms with E-state index in [-0.39, 0.29) is 10.9 Å². The zero-order valence-corrected chi connectivity index (χ0v) is 11.9. The molecule has 0 amide bonds. The number of rotatable bonds is 5. The van der Waals surface area contributed by atoms with Gasteiger partial charge in [-0.15, -0.1) is 5.10 Å². The van der Waals surface area contributed by atoms with Crippen LogP contribution in [0.4, 0.5) is 0 Å². The molecular formula is C11H16N4O3S. The molecule has 0 aromatic carbocycles. The second kappa shape index (κ2) is 5.22. The Kier molecular flexibility index (Phi) is 3.81. The Bertz CT molecular complexity index is 693. The topological polar surface area (TPSA) is 86.5 Å². The van der Waals surface area contributed by atoms with Crippen molar-refractivity contribution in [2.45, 2.75) is 25.4 Å². The summed E-state index contributed by atoms with van der Waals surface area (Å²) in [7, 11) is -1.95. The highest BCUT2D eigenvalue weighted by Gasteiger charge is 2.21. The summed E-state index contributed by atoms with van der Waals surface area (Å²) in [5.74, 6) is 0.276. The van der Waals surface area contributed by atoms with Gasteiger partial charge in [-0.05, 0) is 26.3 Å². The molecule has 0 saturated heterocycles. The van der Waals surface area contributed by atoms with Crippen molar-refractivity contribution in [2.24, 2.45) is 0 Å². The fraction of sp³-hybridized carbons (Fsp3) is 0.545. The van der Waals surface area contributed by atoms with Gasteiger partial charge in [0, 0.05) is 25.1 Å². The third-order valence-corrected chi connectivity index (χ3v) is 4.19. The second-order valence-corrected chi connectivity index (χ2v) is 6.31. The summed E-state index contributed by atoms with van der Waals surface area (Å²) in [5, 5.41) is 3.84. The third kappa shape index (κ3) is 2.90. The Morgan fingerprint density at radius 3 is 2.74 bits per heavy atom. The Hall–Kier alpha value is -1.54. The maximum absolute atomic E-state index is 12.1. The van der Waals surface area contributed by atoms with Crippen LogP contribution in [0.25, 0.3) is 5.78 Å². The van der Waals surface area contributed by atoms with Crippen molar-refractivity contribution in [3.8, 4) is 0 Å². The molecule has 0 bridgehead atoms. The van der Waals surface area contributed by atoms with Gasteiger partial charge < -0.3 is 4.74 Å². The molecule has 2 aromatic rings. The van der Waals surface area contributed by atoms with Crippen LogP contribution in [-0.2, 0) is 14.6 Å². The molecule has 104 valence electrons. The lowest BCUT2D eigenvalue weighted by molar-refractivity contribution is 0.199. The standard InChI is InChI=1S/C11H16N4O3S/c1-8-7-9(2)15-10(12-8)13-11(14-15)19(16,17)6-4-5-18-3/h7H,4-6H2,1-3H3. The number of hydrogen-bond donors (Lipinski definition) is 0. The maximum atomic E-state index is 12.1. The normalized spacial score (nSPS) is 12.2. The smallest absolute Gasteiger partial charge is 0.269 e. The lowest BCUT2D eigenvalue weighted by Gasteiger charge is -1.98. The summed E-state index contributed by atoms with van der Waals surface area (Å²) < 4.78 is 30.4. The van der Waals surface area contributed by atoms with Crippen molar-refractivity contribution in [2.75, 3.05) is 19.5 Å². The van der Waals surface area contributed by atoms with Gasteiger partial charge >= 0.3 is 0 Å². The van der Waals surface area contributed by atoms with Crippen molar-refractivity contribution in [3.05, 3.63) is 17.5 Å². The van der Waals surface area contributed by atoms with Crippen LogP contribution in [0.5, 0.6) is 0 Å².